The summed E-state index contributed by atoms with van der Waals surface area (Å²) in [5.74, 6) is 0.876. The van der Waals surface area contributed by atoms with Gasteiger partial charge in [0.1, 0.15) is 0 Å². The topological polar surface area (TPSA) is 78.0 Å². The van der Waals surface area contributed by atoms with E-state index in [1.807, 2.05) is 27.7 Å². The molecule has 0 aromatic rings. The summed E-state index contributed by atoms with van der Waals surface area (Å²) >= 11 is 0. The molecule has 8 heteroatoms. The van der Waals surface area contributed by atoms with Crippen molar-refractivity contribution in [2.45, 2.75) is 34.1 Å². The van der Waals surface area contributed by atoms with E-state index in [0.717, 1.165) is 58.3 Å². The van der Waals surface area contributed by atoms with Gasteiger partial charge in [0.2, 0.25) is 5.91 Å². The molecule has 3 N–H and O–H groups in total. The summed E-state index contributed by atoms with van der Waals surface area (Å²) in [6.45, 7) is 15.4. The molecular weight excluding hydrogens is 433 g/mol. The minimum atomic E-state index is -0.349. The molecule has 0 saturated carbocycles. The number of carbonyl (C=O) groups excluding carboxylic acids is 1. The van der Waals surface area contributed by atoms with E-state index in [-0.39, 0.29) is 35.3 Å². The molecule has 1 aliphatic rings. The van der Waals surface area contributed by atoms with Gasteiger partial charge in [-0.05, 0) is 13.3 Å². The van der Waals surface area contributed by atoms with E-state index >= 15 is 0 Å². The lowest BCUT2D eigenvalue weighted by Gasteiger charge is -2.26. The van der Waals surface area contributed by atoms with Crippen molar-refractivity contribution in [3.8, 4) is 0 Å². The molecule has 25 heavy (non-hydrogen) atoms. The van der Waals surface area contributed by atoms with Crippen LogP contribution in [0.3, 0.4) is 0 Å². The molecule has 1 fully saturated rings. The number of carbonyl (C=O) groups is 1. The van der Waals surface area contributed by atoms with E-state index in [1.165, 1.54) is 0 Å². The standard InChI is InChI=1S/C17H35N5O2.HI/c1-5-18-16(21-9-8-19-15(23)17(2,3)4)20-7-6-10-22-11-13-24-14-12-22;/h5-14H2,1-4H3,(H,19,23)(H2,18,20,21);1H. The molecule has 1 heterocycles. The molecule has 0 aliphatic carbocycles. The van der Waals surface area contributed by atoms with Gasteiger partial charge in [-0.3, -0.25) is 14.7 Å². The second-order valence-electron chi connectivity index (χ2n) is 7.00. The number of aliphatic imine (C=N–C) groups is 1. The largest absolute Gasteiger partial charge is 0.379 e. The van der Waals surface area contributed by atoms with Crippen LogP contribution in [0.25, 0.3) is 0 Å². The first-order valence-electron chi connectivity index (χ1n) is 9.04. The number of nitrogens with one attached hydrogen (secondary N) is 3. The SMILES string of the molecule is CCNC(=NCCCN1CCOCC1)NCCNC(=O)C(C)(C)C.I. The van der Waals surface area contributed by atoms with E-state index < -0.39 is 0 Å². The molecule has 1 aliphatic heterocycles. The Morgan fingerprint density at radius 1 is 1.12 bits per heavy atom. The molecule has 1 saturated heterocycles. The Kier molecular flexibility index (Phi) is 13.2. The van der Waals surface area contributed by atoms with Gasteiger partial charge in [0, 0.05) is 51.2 Å². The number of amides is 1. The van der Waals surface area contributed by atoms with Crippen molar-refractivity contribution in [3.63, 3.8) is 0 Å². The number of halogens is 1. The first kappa shape index (κ1) is 24.4. The Hall–Kier alpha value is -0.610. The van der Waals surface area contributed by atoms with Crippen molar-refractivity contribution < 1.29 is 9.53 Å². The Balaban J connectivity index is 0.00000576. The van der Waals surface area contributed by atoms with Gasteiger partial charge in [0.25, 0.3) is 0 Å². The maximum atomic E-state index is 11.8. The van der Waals surface area contributed by atoms with Crippen molar-refractivity contribution >= 4 is 35.8 Å². The maximum absolute atomic E-state index is 11.8. The van der Waals surface area contributed by atoms with Crippen LogP contribution in [0.15, 0.2) is 4.99 Å². The van der Waals surface area contributed by atoms with Gasteiger partial charge in [-0.15, -0.1) is 24.0 Å². The number of rotatable bonds is 8. The van der Waals surface area contributed by atoms with Crippen LogP contribution in [0.5, 0.6) is 0 Å². The third-order valence-corrected chi connectivity index (χ3v) is 3.73. The fourth-order valence-electron chi connectivity index (χ4n) is 2.27. The van der Waals surface area contributed by atoms with E-state index in [1.54, 1.807) is 0 Å². The molecule has 0 bridgehead atoms. The number of guanidine groups is 1. The van der Waals surface area contributed by atoms with Crippen LogP contribution in [0.2, 0.25) is 0 Å². The zero-order valence-corrected chi connectivity index (χ0v) is 18.5. The van der Waals surface area contributed by atoms with Crippen molar-refractivity contribution in [2.24, 2.45) is 10.4 Å². The van der Waals surface area contributed by atoms with Crippen molar-refractivity contribution in [1.82, 2.24) is 20.9 Å². The minimum absolute atomic E-state index is 0. The smallest absolute Gasteiger partial charge is 0.225 e. The van der Waals surface area contributed by atoms with Gasteiger partial charge < -0.3 is 20.7 Å². The van der Waals surface area contributed by atoms with Crippen molar-refractivity contribution in [3.05, 3.63) is 0 Å². The first-order valence-corrected chi connectivity index (χ1v) is 9.04. The highest BCUT2D eigenvalue weighted by Crippen LogP contribution is 2.11. The predicted octanol–water partition coefficient (Wildman–Crippen LogP) is 1.04. The highest BCUT2D eigenvalue weighted by molar-refractivity contribution is 14.0. The molecule has 1 amide bonds. The molecule has 0 unspecified atom stereocenters. The summed E-state index contributed by atoms with van der Waals surface area (Å²) in [6.07, 6.45) is 1.04. The lowest BCUT2D eigenvalue weighted by molar-refractivity contribution is -0.128. The summed E-state index contributed by atoms with van der Waals surface area (Å²) < 4.78 is 5.35. The Morgan fingerprint density at radius 2 is 1.76 bits per heavy atom. The normalized spacial score (nSPS) is 16.1. The molecule has 148 valence electrons. The van der Waals surface area contributed by atoms with E-state index in [4.69, 9.17) is 4.74 Å². The number of hydrogen-bond donors (Lipinski definition) is 3. The number of morpholine rings is 1. The highest BCUT2D eigenvalue weighted by atomic mass is 127. The molecule has 0 atom stereocenters. The summed E-state index contributed by atoms with van der Waals surface area (Å²) in [5, 5.41) is 9.42. The van der Waals surface area contributed by atoms with Gasteiger partial charge in [0.05, 0.1) is 13.2 Å². The molecule has 0 aromatic heterocycles. The van der Waals surface area contributed by atoms with Crippen LogP contribution >= 0.6 is 24.0 Å². The minimum Gasteiger partial charge on any atom is -0.379 e. The van der Waals surface area contributed by atoms with E-state index in [9.17, 15) is 4.79 Å². The second-order valence-corrected chi connectivity index (χ2v) is 7.00. The third-order valence-electron chi connectivity index (χ3n) is 3.73. The Morgan fingerprint density at radius 3 is 2.36 bits per heavy atom. The van der Waals surface area contributed by atoms with Crippen LogP contribution in [0.4, 0.5) is 0 Å². The van der Waals surface area contributed by atoms with Gasteiger partial charge in [0.15, 0.2) is 5.96 Å². The van der Waals surface area contributed by atoms with Crippen LogP contribution in [-0.4, -0.2) is 75.8 Å². The van der Waals surface area contributed by atoms with Gasteiger partial charge in [-0.1, -0.05) is 20.8 Å². The van der Waals surface area contributed by atoms with E-state index in [2.05, 4.69) is 25.8 Å². The quantitative estimate of drug-likeness (QED) is 0.214. The zero-order valence-electron chi connectivity index (χ0n) is 16.2. The zero-order chi connectivity index (χ0) is 17.8. The number of hydrogen-bond acceptors (Lipinski definition) is 4. The monoisotopic (exact) mass is 469 g/mol. The summed E-state index contributed by atoms with van der Waals surface area (Å²) in [7, 11) is 0. The van der Waals surface area contributed by atoms with Gasteiger partial charge in [-0.25, -0.2) is 0 Å². The van der Waals surface area contributed by atoms with Crippen molar-refractivity contribution in [1.29, 1.82) is 0 Å². The van der Waals surface area contributed by atoms with Crippen molar-refractivity contribution in [2.75, 3.05) is 59.0 Å². The molecule has 1 rings (SSSR count). The predicted molar refractivity (Wildman–Crippen MR) is 114 cm³/mol. The summed E-state index contributed by atoms with van der Waals surface area (Å²) in [6, 6.07) is 0. The Bertz CT molecular complexity index is 393. The molecule has 0 aromatic carbocycles. The molecule has 0 spiro atoms. The average Bonchev–Trinajstić information content (AvgIpc) is 2.55. The summed E-state index contributed by atoms with van der Waals surface area (Å²) in [5.41, 5.74) is -0.349. The van der Waals surface area contributed by atoms with Gasteiger partial charge >= 0.3 is 0 Å². The first-order chi connectivity index (χ1) is 11.4. The van der Waals surface area contributed by atoms with Gasteiger partial charge in [-0.2, -0.15) is 0 Å². The fourth-order valence-corrected chi connectivity index (χ4v) is 2.27. The lowest BCUT2D eigenvalue weighted by atomic mass is 9.96. The molecule has 7 nitrogen and oxygen atoms in total. The van der Waals surface area contributed by atoms with Crippen LogP contribution < -0.4 is 16.0 Å². The maximum Gasteiger partial charge on any atom is 0.225 e. The third kappa shape index (κ3) is 11.6. The number of ether oxygens (including phenoxy) is 1. The van der Waals surface area contributed by atoms with Crippen LogP contribution in [0, 0.1) is 5.41 Å². The average molecular weight is 469 g/mol. The lowest BCUT2D eigenvalue weighted by Crippen LogP contribution is -2.43. The second kappa shape index (κ2) is 13.6. The van der Waals surface area contributed by atoms with Crippen LogP contribution in [-0.2, 0) is 9.53 Å². The summed E-state index contributed by atoms with van der Waals surface area (Å²) in [4.78, 5) is 18.8. The molecular formula is C17H36IN5O2. The number of nitrogens with zero attached hydrogens (tertiary/aromatic N) is 2. The molecule has 0 radical (unpaired) electrons. The Labute approximate surface area is 169 Å². The van der Waals surface area contributed by atoms with E-state index in [0.29, 0.717) is 13.1 Å². The fraction of sp³-hybridized carbons (Fsp3) is 0.882. The van der Waals surface area contributed by atoms with Crippen LogP contribution in [0.1, 0.15) is 34.1 Å². The highest BCUT2D eigenvalue weighted by Gasteiger charge is 2.20.